The van der Waals surface area contributed by atoms with Gasteiger partial charge in [0.05, 0.1) is 13.2 Å². The molecule has 0 aliphatic carbocycles. The molecule has 2 aromatic rings. The Morgan fingerprint density at radius 2 is 1.47 bits per heavy atom. The van der Waals surface area contributed by atoms with Crippen molar-refractivity contribution in [2.45, 2.75) is 43.6 Å². The fourth-order valence-corrected chi connectivity index (χ4v) is 3.45. The van der Waals surface area contributed by atoms with Crippen molar-refractivity contribution < 1.29 is 77.2 Å². The van der Waals surface area contributed by atoms with Crippen molar-refractivity contribution in [2.75, 3.05) is 38.2 Å². The SMILES string of the molecule is CCOC(Cc1ccc(OCCN(CCOC(F)(F)C(F)(F)C(F)(F)C(F)(F)F)C(=O)Nc2ccc(F)c(F)c2)cc1)C(=O)O. The number of urea groups is 1. The van der Waals surface area contributed by atoms with Gasteiger partial charge in [0.1, 0.15) is 12.4 Å². The van der Waals surface area contributed by atoms with Gasteiger partial charge >= 0.3 is 36.1 Å². The zero-order valence-electron chi connectivity index (χ0n) is 23.0. The second-order valence-corrected chi connectivity index (χ2v) is 9.04. The Kier molecular flexibility index (Phi) is 12.4. The van der Waals surface area contributed by atoms with E-state index in [-0.39, 0.29) is 24.5 Å². The summed E-state index contributed by atoms with van der Waals surface area (Å²) in [5, 5.41) is 11.2. The van der Waals surface area contributed by atoms with Crippen molar-refractivity contribution in [3.63, 3.8) is 0 Å². The number of aliphatic carboxylic acids is 1. The topological polar surface area (TPSA) is 97.3 Å². The van der Waals surface area contributed by atoms with Crippen LogP contribution >= 0.6 is 0 Å². The lowest BCUT2D eigenvalue weighted by molar-refractivity contribution is -0.443. The van der Waals surface area contributed by atoms with Gasteiger partial charge < -0.3 is 29.5 Å². The summed E-state index contributed by atoms with van der Waals surface area (Å²) < 4.78 is 158. The Labute approximate surface area is 247 Å². The van der Waals surface area contributed by atoms with Gasteiger partial charge in [-0.1, -0.05) is 12.1 Å². The van der Waals surface area contributed by atoms with Gasteiger partial charge in [-0.15, -0.1) is 0 Å². The largest absolute Gasteiger partial charge is 0.492 e. The van der Waals surface area contributed by atoms with E-state index in [0.29, 0.717) is 22.6 Å². The molecule has 1 unspecified atom stereocenters. The number of hydrogen-bond donors (Lipinski definition) is 2. The molecule has 0 bridgehead atoms. The van der Waals surface area contributed by atoms with Crippen LogP contribution in [0.2, 0.25) is 0 Å². The summed E-state index contributed by atoms with van der Waals surface area (Å²) >= 11 is 0. The Balaban J connectivity index is 2.12. The Morgan fingerprint density at radius 3 is 2.00 bits per heavy atom. The minimum Gasteiger partial charge on any atom is -0.492 e. The molecule has 2 N–H and O–H groups in total. The maximum absolute atomic E-state index is 13.8. The predicted molar refractivity (Wildman–Crippen MR) is 132 cm³/mol. The molecular weight excluding hydrogens is 645 g/mol. The predicted octanol–water partition coefficient (Wildman–Crippen LogP) is 6.35. The molecule has 252 valence electrons. The van der Waals surface area contributed by atoms with Crippen LogP contribution in [0.3, 0.4) is 0 Å². The third kappa shape index (κ3) is 9.56. The van der Waals surface area contributed by atoms with E-state index in [4.69, 9.17) is 9.47 Å². The standard InChI is InChI=1S/C26H25F11N2O6/c1-2-43-20(21(40)41)13-15-3-6-17(7-4-15)44-11-9-39(22(42)38-16-5-8-18(27)19(28)14-16)10-12-45-26(36,37)24(31,32)23(29,30)25(33,34)35/h3-8,14,20H,2,9-13H2,1H3,(H,38,42)(H,40,41). The molecule has 0 fully saturated rings. The molecule has 0 aliphatic heterocycles. The van der Waals surface area contributed by atoms with Gasteiger partial charge in [0.15, 0.2) is 17.7 Å². The van der Waals surface area contributed by atoms with E-state index in [1.54, 1.807) is 6.92 Å². The van der Waals surface area contributed by atoms with Gasteiger partial charge in [0.2, 0.25) is 0 Å². The van der Waals surface area contributed by atoms with E-state index in [1.807, 2.05) is 5.32 Å². The average Bonchev–Trinajstić information content (AvgIpc) is 2.93. The van der Waals surface area contributed by atoms with Crippen molar-refractivity contribution in [3.05, 3.63) is 59.7 Å². The van der Waals surface area contributed by atoms with Gasteiger partial charge in [-0.25, -0.2) is 18.4 Å². The van der Waals surface area contributed by atoms with E-state index < -0.39 is 80.2 Å². The third-order valence-electron chi connectivity index (χ3n) is 5.84. The van der Waals surface area contributed by atoms with Crippen LogP contribution in [0.5, 0.6) is 5.75 Å². The summed E-state index contributed by atoms with van der Waals surface area (Å²) in [7, 11) is 0. The zero-order chi connectivity index (χ0) is 34.2. The molecule has 0 heterocycles. The second kappa shape index (κ2) is 14.9. The van der Waals surface area contributed by atoms with Crippen LogP contribution in [0.15, 0.2) is 42.5 Å². The summed E-state index contributed by atoms with van der Waals surface area (Å²) in [4.78, 5) is 24.4. The van der Waals surface area contributed by atoms with Gasteiger partial charge in [-0.3, -0.25) is 0 Å². The smallest absolute Gasteiger partial charge is 0.460 e. The first-order valence-corrected chi connectivity index (χ1v) is 12.6. The van der Waals surface area contributed by atoms with Crippen molar-refractivity contribution in [1.29, 1.82) is 0 Å². The number of ether oxygens (including phenoxy) is 3. The Hall–Kier alpha value is -3.87. The van der Waals surface area contributed by atoms with Crippen molar-refractivity contribution in [1.82, 2.24) is 4.90 Å². The van der Waals surface area contributed by atoms with Crippen LogP contribution in [0.4, 0.5) is 58.8 Å². The number of rotatable bonds is 16. The van der Waals surface area contributed by atoms with Crippen molar-refractivity contribution in [3.8, 4) is 5.75 Å². The monoisotopic (exact) mass is 670 g/mol. The summed E-state index contributed by atoms with van der Waals surface area (Å²) in [6.07, 6.45) is -14.5. The summed E-state index contributed by atoms with van der Waals surface area (Å²) in [5.41, 5.74) is 0.163. The van der Waals surface area contributed by atoms with Crippen LogP contribution in [0.1, 0.15) is 12.5 Å². The maximum Gasteiger partial charge on any atom is 0.460 e. The number of halogens is 11. The number of amides is 2. The van der Waals surface area contributed by atoms with Crippen molar-refractivity contribution >= 4 is 17.7 Å². The molecule has 0 spiro atoms. The average molecular weight is 670 g/mol. The number of carbonyl (C=O) groups is 2. The number of carboxylic acids is 1. The van der Waals surface area contributed by atoms with Crippen LogP contribution in [0, 0.1) is 11.6 Å². The Morgan fingerprint density at radius 1 is 0.867 bits per heavy atom. The lowest BCUT2D eigenvalue weighted by Gasteiger charge is -2.33. The highest BCUT2D eigenvalue weighted by atomic mass is 19.4. The molecule has 2 rings (SSSR count). The molecule has 2 aromatic carbocycles. The molecule has 0 saturated carbocycles. The number of anilines is 1. The number of nitrogens with zero attached hydrogens (tertiary/aromatic N) is 1. The maximum atomic E-state index is 13.8. The molecule has 0 saturated heterocycles. The third-order valence-corrected chi connectivity index (χ3v) is 5.84. The summed E-state index contributed by atoms with van der Waals surface area (Å²) in [6.45, 7) is -2.10. The lowest BCUT2D eigenvalue weighted by atomic mass is 10.1. The van der Waals surface area contributed by atoms with E-state index in [9.17, 15) is 63.0 Å². The highest BCUT2D eigenvalue weighted by molar-refractivity contribution is 5.89. The van der Waals surface area contributed by atoms with Crippen LogP contribution in [-0.4, -0.2) is 85.2 Å². The van der Waals surface area contributed by atoms with Gasteiger partial charge in [-0.2, -0.15) is 39.5 Å². The molecule has 19 heteroatoms. The summed E-state index contributed by atoms with van der Waals surface area (Å²) in [5.74, 6) is -18.0. The van der Waals surface area contributed by atoms with Gasteiger partial charge in [0.25, 0.3) is 0 Å². The van der Waals surface area contributed by atoms with Crippen molar-refractivity contribution in [2.24, 2.45) is 0 Å². The normalized spacial score (nSPS) is 13.3. The molecule has 8 nitrogen and oxygen atoms in total. The number of carbonyl (C=O) groups excluding carboxylic acids is 1. The highest BCUT2D eigenvalue weighted by Crippen LogP contribution is 2.53. The first-order valence-electron chi connectivity index (χ1n) is 12.6. The van der Waals surface area contributed by atoms with E-state index >= 15 is 0 Å². The fraction of sp³-hybridized carbons (Fsp3) is 0.462. The van der Waals surface area contributed by atoms with Crippen LogP contribution < -0.4 is 10.1 Å². The zero-order valence-corrected chi connectivity index (χ0v) is 23.0. The van der Waals surface area contributed by atoms with E-state index in [2.05, 4.69) is 4.74 Å². The quantitative estimate of drug-likeness (QED) is 0.202. The number of benzene rings is 2. The highest BCUT2D eigenvalue weighted by Gasteiger charge is 2.82. The molecule has 2 amide bonds. The Bertz CT molecular complexity index is 1290. The first-order chi connectivity index (χ1) is 20.7. The van der Waals surface area contributed by atoms with E-state index in [1.165, 1.54) is 24.3 Å². The number of alkyl halides is 9. The molecule has 0 aromatic heterocycles. The second-order valence-electron chi connectivity index (χ2n) is 9.04. The minimum absolute atomic E-state index is 0.0000348. The fourth-order valence-electron chi connectivity index (χ4n) is 3.45. The first kappa shape index (κ1) is 37.3. The molecule has 0 radical (unpaired) electrons. The number of carboxylic acid groups (broad SMARTS) is 1. The van der Waals surface area contributed by atoms with Crippen LogP contribution in [-0.2, 0) is 20.7 Å². The van der Waals surface area contributed by atoms with Gasteiger partial charge in [-0.05, 0) is 36.8 Å². The van der Waals surface area contributed by atoms with Gasteiger partial charge in [0, 0.05) is 31.3 Å². The minimum atomic E-state index is -7.19. The van der Waals surface area contributed by atoms with E-state index in [0.717, 1.165) is 6.07 Å². The molecule has 1 atom stereocenters. The van der Waals surface area contributed by atoms with Crippen LogP contribution in [0.25, 0.3) is 0 Å². The molecule has 45 heavy (non-hydrogen) atoms. The number of nitrogens with one attached hydrogen (secondary N) is 1. The lowest BCUT2D eigenvalue weighted by Crippen LogP contribution is -2.62. The molecule has 0 aliphatic rings. The summed E-state index contributed by atoms with van der Waals surface area (Å²) in [6, 6.07) is 6.48. The molecular formula is C26H25F11N2O6. The number of hydrogen-bond acceptors (Lipinski definition) is 5.